The molecule has 13 heavy (non-hydrogen) atoms. The van der Waals surface area contributed by atoms with E-state index in [4.69, 9.17) is 4.74 Å². The van der Waals surface area contributed by atoms with Crippen LogP contribution >= 0.6 is 0 Å². The Bertz CT molecular complexity index is 300. The van der Waals surface area contributed by atoms with Crippen LogP contribution in [0.5, 0.6) is 0 Å². The summed E-state index contributed by atoms with van der Waals surface area (Å²) in [5.74, 6) is 0. The summed E-state index contributed by atoms with van der Waals surface area (Å²) in [6, 6.07) is 10.4. The predicted molar refractivity (Wildman–Crippen MR) is 53.5 cm³/mol. The Labute approximate surface area is 79.0 Å². The van der Waals surface area contributed by atoms with Crippen molar-refractivity contribution in [2.75, 3.05) is 6.61 Å². The molecule has 0 spiro atoms. The molecular weight excluding hydrogens is 160 g/mol. The average molecular weight is 174 g/mol. The number of hydrogen-bond acceptors (Lipinski definition) is 1. The molecule has 0 aromatic heterocycles. The summed E-state index contributed by atoms with van der Waals surface area (Å²) < 4.78 is 5.66. The Kier molecular flexibility index (Phi) is 2.46. The highest BCUT2D eigenvalue weighted by atomic mass is 16.5. The van der Waals surface area contributed by atoms with Gasteiger partial charge in [-0.05, 0) is 18.9 Å². The fourth-order valence-electron chi connectivity index (χ4n) is 1.57. The first-order valence-corrected chi connectivity index (χ1v) is 4.70. The molecule has 0 unspecified atom stereocenters. The van der Waals surface area contributed by atoms with Gasteiger partial charge in [0.1, 0.15) is 6.10 Å². The molecule has 0 fully saturated rings. The Morgan fingerprint density at radius 2 is 2.00 bits per heavy atom. The second-order valence-electron chi connectivity index (χ2n) is 3.47. The second kappa shape index (κ2) is 3.75. The molecular formula is C12H14O. The van der Waals surface area contributed by atoms with Gasteiger partial charge >= 0.3 is 0 Å². The van der Waals surface area contributed by atoms with Crippen molar-refractivity contribution in [3.63, 3.8) is 0 Å². The van der Waals surface area contributed by atoms with Gasteiger partial charge in [-0.3, -0.25) is 0 Å². The first kappa shape index (κ1) is 8.52. The maximum atomic E-state index is 5.66. The predicted octanol–water partition coefficient (Wildman–Crippen LogP) is 3.09. The third kappa shape index (κ3) is 1.99. The van der Waals surface area contributed by atoms with Crippen molar-refractivity contribution < 1.29 is 4.74 Å². The monoisotopic (exact) mass is 174 g/mol. The quantitative estimate of drug-likeness (QED) is 0.594. The van der Waals surface area contributed by atoms with Crippen LogP contribution in [0.4, 0.5) is 0 Å². The van der Waals surface area contributed by atoms with Gasteiger partial charge in [0.2, 0.25) is 0 Å². The molecule has 1 aromatic rings. The van der Waals surface area contributed by atoms with Crippen LogP contribution < -0.4 is 0 Å². The van der Waals surface area contributed by atoms with E-state index in [0.717, 1.165) is 13.0 Å². The Morgan fingerprint density at radius 1 is 1.23 bits per heavy atom. The topological polar surface area (TPSA) is 9.23 Å². The van der Waals surface area contributed by atoms with E-state index >= 15 is 0 Å². The number of rotatable bonds is 1. The summed E-state index contributed by atoms with van der Waals surface area (Å²) in [5, 5.41) is 0. The minimum absolute atomic E-state index is 0.176. The van der Waals surface area contributed by atoms with Gasteiger partial charge in [-0.1, -0.05) is 42.0 Å². The van der Waals surface area contributed by atoms with Crippen LogP contribution in [0.25, 0.3) is 0 Å². The Balaban J connectivity index is 2.22. The molecule has 0 N–H and O–H groups in total. The van der Waals surface area contributed by atoms with Crippen molar-refractivity contribution in [1.82, 2.24) is 0 Å². The van der Waals surface area contributed by atoms with Gasteiger partial charge in [0.05, 0.1) is 6.61 Å². The maximum absolute atomic E-state index is 5.66. The highest BCUT2D eigenvalue weighted by molar-refractivity contribution is 5.23. The van der Waals surface area contributed by atoms with Crippen LogP contribution in [0.1, 0.15) is 25.0 Å². The van der Waals surface area contributed by atoms with E-state index in [-0.39, 0.29) is 6.10 Å². The standard InChI is InChI=1S/C12H14O/c1-10-7-8-13-12(9-10)11-5-3-2-4-6-11/h2-6,9,12H,7-8H2,1H3/t12-/m1/s1. The third-order valence-electron chi connectivity index (χ3n) is 2.36. The number of benzene rings is 1. The highest BCUT2D eigenvalue weighted by Gasteiger charge is 2.12. The lowest BCUT2D eigenvalue weighted by atomic mass is 10.0. The fraction of sp³-hybridized carbons (Fsp3) is 0.333. The van der Waals surface area contributed by atoms with E-state index in [2.05, 4.69) is 37.3 Å². The number of hydrogen-bond donors (Lipinski definition) is 0. The molecule has 1 aliphatic heterocycles. The van der Waals surface area contributed by atoms with Crippen molar-refractivity contribution in [1.29, 1.82) is 0 Å². The lowest BCUT2D eigenvalue weighted by molar-refractivity contribution is 0.0769. The molecule has 0 radical (unpaired) electrons. The Hall–Kier alpha value is -1.08. The third-order valence-corrected chi connectivity index (χ3v) is 2.36. The normalized spacial score (nSPS) is 22.5. The smallest absolute Gasteiger partial charge is 0.101 e. The summed E-state index contributed by atoms with van der Waals surface area (Å²) >= 11 is 0. The lowest BCUT2D eigenvalue weighted by Gasteiger charge is -2.20. The van der Waals surface area contributed by atoms with Gasteiger partial charge in [0, 0.05) is 0 Å². The van der Waals surface area contributed by atoms with Gasteiger partial charge in [0.15, 0.2) is 0 Å². The zero-order valence-electron chi connectivity index (χ0n) is 7.86. The first-order chi connectivity index (χ1) is 6.36. The van der Waals surface area contributed by atoms with Crippen LogP contribution in [0.15, 0.2) is 42.0 Å². The highest BCUT2D eigenvalue weighted by Crippen LogP contribution is 2.25. The molecule has 0 saturated carbocycles. The molecule has 1 aliphatic rings. The van der Waals surface area contributed by atoms with E-state index in [9.17, 15) is 0 Å². The van der Waals surface area contributed by atoms with Crippen LogP contribution in [0.3, 0.4) is 0 Å². The molecule has 0 aliphatic carbocycles. The van der Waals surface area contributed by atoms with Gasteiger partial charge in [-0.2, -0.15) is 0 Å². The molecule has 68 valence electrons. The lowest BCUT2D eigenvalue weighted by Crippen LogP contribution is -2.09. The second-order valence-corrected chi connectivity index (χ2v) is 3.47. The largest absolute Gasteiger partial charge is 0.369 e. The Morgan fingerprint density at radius 3 is 2.69 bits per heavy atom. The molecule has 1 nitrogen and oxygen atoms in total. The van der Waals surface area contributed by atoms with Crippen molar-refractivity contribution >= 4 is 0 Å². The van der Waals surface area contributed by atoms with E-state index in [0.29, 0.717) is 0 Å². The van der Waals surface area contributed by atoms with Crippen LogP contribution in [-0.2, 0) is 4.74 Å². The summed E-state index contributed by atoms with van der Waals surface area (Å²) in [6.45, 7) is 3.01. The zero-order chi connectivity index (χ0) is 9.10. The molecule has 2 rings (SSSR count). The maximum Gasteiger partial charge on any atom is 0.101 e. The molecule has 0 bridgehead atoms. The van der Waals surface area contributed by atoms with Gasteiger partial charge in [0.25, 0.3) is 0 Å². The van der Waals surface area contributed by atoms with E-state index in [1.54, 1.807) is 0 Å². The fourth-order valence-corrected chi connectivity index (χ4v) is 1.57. The van der Waals surface area contributed by atoms with E-state index < -0.39 is 0 Å². The summed E-state index contributed by atoms with van der Waals surface area (Å²) in [6.07, 6.45) is 3.46. The minimum Gasteiger partial charge on any atom is -0.369 e. The van der Waals surface area contributed by atoms with E-state index in [1.807, 2.05) is 6.07 Å². The van der Waals surface area contributed by atoms with Gasteiger partial charge in [-0.15, -0.1) is 0 Å². The minimum atomic E-state index is 0.176. The number of ether oxygens (including phenoxy) is 1. The van der Waals surface area contributed by atoms with Crippen LogP contribution in [0, 0.1) is 0 Å². The first-order valence-electron chi connectivity index (χ1n) is 4.70. The van der Waals surface area contributed by atoms with Crippen LogP contribution in [-0.4, -0.2) is 6.61 Å². The van der Waals surface area contributed by atoms with Crippen molar-refractivity contribution in [2.24, 2.45) is 0 Å². The molecule has 1 atom stereocenters. The average Bonchev–Trinajstić information content (AvgIpc) is 2.19. The molecule has 1 heterocycles. The van der Waals surface area contributed by atoms with Crippen molar-refractivity contribution in [2.45, 2.75) is 19.4 Å². The molecule has 0 saturated heterocycles. The van der Waals surface area contributed by atoms with Crippen LogP contribution in [0.2, 0.25) is 0 Å². The summed E-state index contributed by atoms with van der Waals surface area (Å²) in [5.41, 5.74) is 2.68. The molecule has 1 heteroatoms. The molecule has 1 aromatic carbocycles. The molecule has 0 amide bonds. The van der Waals surface area contributed by atoms with Crippen molar-refractivity contribution in [3.8, 4) is 0 Å². The van der Waals surface area contributed by atoms with Gasteiger partial charge < -0.3 is 4.74 Å². The summed E-state index contributed by atoms with van der Waals surface area (Å²) in [4.78, 5) is 0. The van der Waals surface area contributed by atoms with Gasteiger partial charge in [-0.25, -0.2) is 0 Å². The zero-order valence-corrected chi connectivity index (χ0v) is 7.86. The van der Waals surface area contributed by atoms with Crippen molar-refractivity contribution in [3.05, 3.63) is 47.5 Å². The SMILES string of the molecule is CC1=C[C@H](c2ccccc2)OCC1. The van der Waals surface area contributed by atoms with E-state index in [1.165, 1.54) is 11.1 Å². The summed E-state index contributed by atoms with van der Waals surface area (Å²) in [7, 11) is 0.